The molecule has 1 aromatic rings. The van der Waals surface area contributed by atoms with Crippen LogP contribution in [-0.2, 0) is 0 Å². The lowest BCUT2D eigenvalue weighted by Gasteiger charge is -1.99. The van der Waals surface area contributed by atoms with Crippen LogP contribution in [-0.4, -0.2) is 6.21 Å². The van der Waals surface area contributed by atoms with Crippen LogP contribution in [0.3, 0.4) is 0 Å². The molecule has 1 aliphatic rings. The number of hydrogen-bond donors (Lipinski definition) is 0. The van der Waals surface area contributed by atoms with Gasteiger partial charge in [-0.2, -0.15) is 0 Å². The van der Waals surface area contributed by atoms with E-state index in [0.717, 1.165) is 5.56 Å². The SMILES string of the molecule is Cc1ccc2c(c1)C=C=CN=C2. The van der Waals surface area contributed by atoms with Crippen molar-refractivity contribution < 1.29 is 0 Å². The summed E-state index contributed by atoms with van der Waals surface area (Å²) in [5.74, 6) is 0. The van der Waals surface area contributed by atoms with Crippen LogP contribution in [0, 0.1) is 6.92 Å². The van der Waals surface area contributed by atoms with Crippen molar-refractivity contribution in [1.29, 1.82) is 0 Å². The van der Waals surface area contributed by atoms with Crippen LogP contribution in [0.4, 0.5) is 0 Å². The largest absolute Gasteiger partial charge is 0.256 e. The van der Waals surface area contributed by atoms with Crippen LogP contribution in [0.25, 0.3) is 6.08 Å². The van der Waals surface area contributed by atoms with E-state index < -0.39 is 0 Å². The van der Waals surface area contributed by atoms with E-state index in [1.165, 1.54) is 11.1 Å². The summed E-state index contributed by atoms with van der Waals surface area (Å²) in [7, 11) is 0. The maximum Gasteiger partial charge on any atom is 0.0686 e. The second-order valence-corrected chi connectivity index (χ2v) is 2.85. The number of nitrogens with zero attached hydrogens (tertiary/aromatic N) is 1. The van der Waals surface area contributed by atoms with E-state index in [4.69, 9.17) is 0 Å². The van der Waals surface area contributed by atoms with Gasteiger partial charge in [-0.05, 0) is 18.6 Å². The molecule has 0 bridgehead atoms. The average molecular weight is 155 g/mol. The topological polar surface area (TPSA) is 12.4 Å². The minimum Gasteiger partial charge on any atom is -0.256 e. The van der Waals surface area contributed by atoms with Gasteiger partial charge in [0, 0.05) is 11.8 Å². The van der Waals surface area contributed by atoms with Gasteiger partial charge in [0.15, 0.2) is 0 Å². The third kappa shape index (κ3) is 1.23. The van der Waals surface area contributed by atoms with Crippen LogP contribution in [0.1, 0.15) is 16.7 Å². The Hall–Kier alpha value is -1.59. The molecule has 58 valence electrons. The summed E-state index contributed by atoms with van der Waals surface area (Å²) in [6.07, 6.45) is 5.48. The van der Waals surface area contributed by atoms with Crippen LogP contribution in [0.15, 0.2) is 35.1 Å². The summed E-state index contributed by atoms with van der Waals surface area (Å²) in [4.78, 5) is 4.05. The highest BCUT2D eigenvalue weighted by Crippen LogP contribution is 2.12. The van der Waals surface area contributed by atoms with Crippen molar-refractivity contribution in [2.45, 2.75) is 6.92 Å². The maximum absolute atomic E-state index is 4.05. The zero-order valence-electron chi connectivity index (χ0n) is 6.91. The van der Waals surface area contributed by atoms with Gasteiger partial charge in [-0.3, -0.25) is 4.99 Å². The van der Waals surface area contributed by atoms with E-state index in [1.54, 1.807) is 6.20 Å². The van der Waals surface area contributed by atoms with E-state index in [1.807, 2.05) is 12.3 Å². The molecule has 0 atom stereocenters. The molecule has 0 spiro atoms. The van der Waals surface area contributed by atoms with Gasteiger partial charge in [0.05, 0.1) is 6.20 Å². The summed E-state index contributed by atoms with van der Waals surface area (Å²) < 4.78 is 0. The molecule has 0 aliphatic carbocycles. The third-order valence-electron chi connectivity index (χ3n) is 1.84. The monoisotopic (exact) mass is 155 g/mol. The summed E-state index contributed by atoms with van der Waals surface area (Å²) in [5.41, 5.74) is 6.59. The molecule has 1 nitrogen and oxygen atoms in total. The number of aryl methyl sites for hydroxylation is 1. The molecule has 1 heterocycles. The van der Waals surface area contributed by atoms with Crippen molar-refractivity contribution in [3.63, 3.8) is 0 Å². The van der Waals surface area contributed by atoms with Gasteiger partial charge in [0.1, 0.15) is 0 Å². The highest BCUT2D eigenvalue weighted by Gasteiger charge is 1.97. The molecule has 0 amide bonds. The highest BCUT2D eigenvalue weighted by molar-refractivity contribution is 5.86. The smallest absolute Gasteiger partial charge is 0.0686 e. The Balaban J connectivity index is 2.66. The summed E-state index contributed by atoms with van der Waals surface area (Å²) in [6, 6.07) is 6.29. The number of rotatable bonds is 0. The van der Waals surface area contributed by atoms with Crippen molar-refractivity contribution in [2.75, 3.05) is 0 Å². The Morgan fingerprint density at radius 2 is 2.17 bits per heavy atom. The molecule has 12 heavy (non-hydrogen) atoms. The van der Waals surface area contributed by atoms with E-state index >= 15 is 0 Å². The first-order chi connectivity index (χ1) is 5.86. The molecule has 1 aliphatic heterocycles. The second kappa shape index (κ2) is 2.80. The number of fused-ring (bicyclic) bond motifs is 1. The van der Waals surface area contributed by atoms with Crippen molar-refractivity contribution in [3.05, 3.63) is 46.8 Å². The zero-order valence-corrected chi connectivity index (χ0v) is 6.91. The molecule has 0 saturated heterocycles. The summed E-state index contributed by atoms with van der Waals surface area (Å²) >= 11 is 0. The molecule has 0 unspecified atom stereocenters. The Kier molecular flexibility index (Phi) is 1.65. The van der Waals surface area contributed by atoms with Gasteiger partial charge >= 0.3 is 0 Å². The normalized spacial score (nSPS) is 12.8. The first-order valence-corrected chi connectivity index (χ1v) is 3.91. The lowest BCUT2D eigenvalue weighted by Crippen LogP contribution is -1.86. The van der Waals surface area contributed by atoms with Gasteiger partial charge < -0.3 is 0 Å². The first-order valence-electron chi connectivity index (χ1n) is 3.91. The minimum absolute atomic E-state index is 1.15. The van der Waals surface area contributed by atoms with Gasteiger partial charge in [-0.15, -0.1) is 5.73 Å². The van der Waals surface area contributed by atoms with Gasteiger partial charge in [0.2, 0.25) is 0 Å². The zero-order chi connectivity index (χ0) is 8.39. The van der Waals surface area contributed by atoms with Crippen molar-refractivity contribution in [1.82, 2.24) is 0 Å². The van der Waals surface area contributed by atoms with Gasteiger partial charge in [0.25, 0.3) is 0 Å². The van der Waals surface area contributed by atoms with E-state index in [0.29, 0.717) is 0 Å². The lowest BCUT2D eigenvalue weighted by molar-refractivity contribution is 1.45. The van der Waals surface area contributed by atoms with Crippen molar-refractivity contribution in [3.8, 4) is 0 Å². The third-order valence-corrected chi connectivity index (χ3v) is 1.84. The number of benzene rings is 1. The van der Waals surface area contributed by atoms with E-state index in [2.05, 4.69) is 35.8 Å². The predicted octanol–water partition coefficient (Wildman–Crippen LogP) is 2.55. The molecule has 2 rings (SSSR count). The van der Waals surface area contributed by atoms with Crippen LogP contribution >= 0.6 is 0 Å². The lowest BCUT2D eigenvalue weighted by atomic mass is 10.1. The van der Waals surface area contributed by atoms with Crippen molar-refractivity contribution in [2.24, 2.45) is 4.99 Å². The average Bonchev–Trinajstić information content (AvgIpc) is 2.28. The number of aliphatic imine (C=N–C) groups is 1. The van der Waals surface area contributed by atoms with Gasteiger partial charge in [-0.25, -0.2) is 0 Å². The molecule has 0 radical (unpaired) electrons. The Labute approximate surface area is 71.8 Å². The fourth-order valence-electron chi connectivity index (χ4n) is 1.22. The standard InChI is InChI=1S/C11H9N/c1-9-4-5-11-8-12-6-2-3-10(11)7-9/h3-8H,1H3. The molecular formula is C11H9N. The fourth-order valence-corrected chi connectivity index (χ4v) is 1.22. The molecule has 1 aromatic carbocycles. The predicted molar refractivity (Wildman–Crippen MR) is 51.3 cm³/mol. The van der Waals surface area contributed by atoms with Crippen LogP contribution in [0.5, 0.6) is 0 Å². The fraction of sp³-hybridized carbons (Fsp3) is 0.0909. The molecule has 0 N–H and O–H groups in total. The first kappa shape index (κ1) is 7.08. The Bertz CT molecular complexity index is 393. The molecule has 0 aromatic heterocycles. The van der Waals surface area contributed by atoms with E-state index in [-0.39, 0.29) is 0 Å². The Morgan fingerprint density at radius 3 is 3.08 bits per heavy atom. The summed E-state index contributed by atoms with van der Waals surface area (Å²) in [5, 5.41) is 0. The maximum atomic E-state index is 4.05. The quantitative estimate of drug-likeness (QED) is 0.510. The molecular weight excluding hydrogens is 146 g/mol. The number of hydrogen-bond acceptors (Lipinski definition) is 1. The highest BCUT2D eigenvalue weighted by atomic mass is 14.7. The Morgan fingerprint density at radius 1 is 1.25 bits per heavy atom. The molecule has 1 heteroatoms. The minimum atomic E-state index is 1.15. The van der Waals surface area contributed by atoms with E-state index in [9.17, 15) is 0 Å². The van der Waals surface area contributed by atoms with Crippen LogP contribution in [0.2, 0.25) is 0 Å². The van der Waals surface area contributed by atoms with Crippen molar-refractivity contribution >= 4 is 12.3 Å². The molecule has 0 fully saturated rings. The second-order valence-electron chi connectivity index (χ2n) is 2.85. The van der Waals surface area contributed by atoms with Gasteiger partial charge in [-0.1, -0.05) is 23.8 Å². The molecule has 0 saturated carbocycles. The summed E-state index contributed by atoms with van der Waals surface area (Å²) in [6.45, 7) is 2.08. The van der Waals surface area contributed by atoms with Crippen LogP contribution < -0.4 is 0 Å².